The minimum atomic E-state index is -0.511. The molecular formula is C21H32N2O. The summed E-state index contributed by atoms with van der Waals surface area (Å²) in [5, 5.41) is 11.9. The molecule has 24 heavy (non-hydrogen) atoms. The van der Waals surface area contributed by atoms with Gasteiger partial charge in [-0.15, -0.1) is 0 Å². The molecule has 0 bridgehead atoms. The molecule has 1 fully saturated rings. The summed E-state index contributed by atoms with van der Waals surface area (Å²) in [7, 11) is 2.24. The fraction of sp³-hybridized carbons (Fsp3) is 0.619. The van der Waals surface area contributed by atoms with Gasteiger partial charge < -0.3 is 15.0 Å². The predicted octanol–water partition coefficient (Wildman–Crippen LogP) is 4.29. The first kappa shape index (κ1) is 17.5. The number of H-pyrrole nitrogens is 1. The number of likely N-dealkylation sites (tertiary alicyclic amines) is 1. The molecule has 3 nitrogen and oxygen atoms in total. The lowest BCUT2D eigenvalue weighted by molar-refractivity contribution is 0.0239. The number of aromatic amines is 1. The van der Waals surface area contributed by atoms with E-state index in [2.05, 4.69) is 55.2 Å². The van der Waals surface area contributed by atoms with Crippen molar-refractivity contribution < 1.29 is 5.11 Å². The molecule has 0 unspecified atom stereocenters. The van der Waals surface area contributed by atoms with E-state index in [-0.39, 0.29) is 0 Å². The summed E-state index contributed by atoms with van der Waals surface area (Å²) in [6, 6.07) is 7.42. The summed E-state index contributed by atoms with van der Waals surface area (Å²) in [5.41, 5.74) is 3.49. The maximum Gasteiger partial charge on any atom is 0.0645 e. The van der Waals surface area contributed by atoms with E-state index in [1.165, 1.54) is 41.4 Å². The monoisotopic (exact) mass is 328 g/mol. The number of aliphatic hydroxyl groups is 1. The average molecular weight is 329 g/mol. The van der Waals surface area contributed by atoms with E-state index in [9.17, 15) is 5.11 Å². The van der Waals surface area contributed by atoms with Crippen LogP contribution in [0.2, 0.25) is 0 Å². The lowest BCUT2D eigenvalue weighted by atomic mass is 9.89. The molecule has 0 aliphatic carbocycles. The van der Waals surface area contributed by atoms with Gasteiger partial charge in [-0.1, -0.05) is 19.9 Å². The van der Waals surface area contributed by atoms with Crippen LogP contribution in [0.4, 0.5) is 0 Å². The first-order chi connectivity index (χ1) is 11.5. The van der Waals surface area contributed by atoms with Crippen LogP contribution in [0.25, 0.3) is 10.9 Å². The summed E-state index contributed by atoms with van der Waals surface area (Å²) < 4.78 is 0. The third kappa shape index (κ3) is 3.68. The quantitative estimate of drug-likeness (QED) is 0.796. The third-order valence-electron chi connectivity index (χ3n) is 6.15. The molecular weight excluding hydrogens is 296 g/mol. The molecule has 132 valence electrons. The van der Waals surface area contributed by atoms with Gasteiger partial charge in [0.05, 0.1) is 5.60 Å². The second-order valence-electron chi connectivity index (χ2n) is 7.61. The molecule has 1 aromatic heterocycles. The Hall–Kier alpha value is -1.32. The lowest BCUT2D eigenvalue weighted by Gasteiger charge is -2.25. The number of aromatic nitrogens is 1. The molecule has 0 radical (unpaired) electrons. The SMILES string of the molecule is CCC(O)(CC)CCc1ccc2[nH]cc(C[C@H]3CCCN3C)c2c1. The zero-order valence-corrected chi connectivity index (χ0v) is 15.4. The van der Waals surface area contributed by atoms with Crippen molar-refractivity contribution in [3.05, 3.63) is 35.5 Å². The Morgan fingerprint density at radius 1 is 1.29 bits per heavy atom. The van der Waals surface area contributed by atoms with Gasteiger partial charge in [0.25, 0.3) is 0 Å². The molecule has 1 saturated heterocycles. The van der Waals surface area contributed by atoms with Gasteiger partial charge >= 0.3 is 0 Å². The molecule has 1 aromatic carbocycles. The molecule has 3 heteroatoms. The number of nitrogens with zero attached hydrogens (tertiary/aromatic N) is 1. The number of fused-ring (bicyclic) bond motifs is 1. The highest BCUT2D eigenvalue weighted by Gasteiger charge is 2.23. The van der Waals surface area contributed by atoms with Gasteiger partial charge in [0.1, 0.15) is 0 Å². The van der Waals surface area contributed by atoms with Crippen LogP contribution in [-0.4, -0.2) is 40.2 Å². The van der Waals surface area contributed by atoms with Gasteiger partial charge in [-0.2, -0.15) is 0 Å². The predicted molar refractivity (Wildman–Crippen MR) is 102 cm³/mol. The van der Waals surface area contributed by atoms with Crippen LogP contribution in [0.5, 0.6) is 0 Å². The second-order valence-corrected chi connectivity index (χ2v) is 7.61. The van der Waals surface area contributed by atoms with Crippen LogP contribution < -0.4 is 0 Å². The highest BCUT2D eigenvalue weighted by molar-refractivity contribution is 5.84. The first-order valence-electron chi connectivity index (χ1n) is 9.56. The summed E-state index contributed by atoms with van der Waals surface area (Å²) >= 11 is 0. The third-order valence-corrected chi connectivity index (χ3v) is 6.15. The van der Waals surface area contributed by atoms with Crippen LogP contribution in [0, 0.1) is 0 Å². The summed E-state index contributed by atoms with van der Waals surface area (Å²) in [4.78, 5) is 5.92. The van der Waals surface area contributed by atoms with E-state index in [0.717, 1.165) is 32.1 Å². The number of benzene rings is 1. The molecule has 0 amide bonds. The first-order valence-corrected chi connectivity index (χ1v) is 9.56. The van der Waals surface area contributed by atoms with Crippen LogP contribution >= 0.6 is 0 Å². The lowest BCUT2D eigenvalue weighted by Crippen LogP contribution is -2.27. The van der Waals surface area contributed by atoms with Crippen molar-refractivity contribution in [3.8, 4) is 0 Å². The van der Waals surface area contributed by atoms with Gasteiger partial charge in [0.15, 0.2) is 0 Å². The molecule has 0 spiro atoms. The topological polar surface area (TPSA) is 39.3 Å². The van der Waals surface area contributed by atoms with E-state index >= 15 is 0 Å². The van der Waals surface area contributed by atoms with Crippen molar-refractivity contribution in [1.82, 2.24) is 9.88 Å². The maximum absolute atomic E-state index is 10.5. The van der Waals surface area contributed by atoms with Crippen LogP contribution in [-0.2, 0) is 12.8 Å². The smallest absolute Gasteiger partial charge is 0.0645 e. The minimum Gasteiger partial charge on any atom is -0.390 e. The number of likely N-dealkylation sites (N-methyl/N-ethyl adjacent to an activating group) is 1. The maximum atomic E-state index is 10.5. The number of hydrogen-bond acceptors (Lipinski definition) is 2. The fourth-order valence-corrected chi connectivity index (χ4v) is 4.02. The van der Waals surface area contributed by atoms with Gasteiger partial charge in [0, 0.05) is 23.1 Å². The Morgan fingerprint density at radius 2 is 2.08 bits per heavy atom. The normalized spacial score (nSPS) is 19.4. The van der Waals surface area contributed by atoms with Crippen molar-refractivity contribution >= 4 is 10.9 Å². The van der Waals surface area contributed by atoms with Crippen molar-refractivity contribution in [3.63, 3.8) is 0 Å². The Kier molecular flexibility index (Phi) is 5.31. The van der Waals surface area contributed by atoms with Gasteiger partial charge in [-0.3, -0.25) is 0 Å². The van der Waals surface area contributed by atoms with Gasteiger partial charge in [-0.25, -0.2) is 0 Å². The van der Waals surface area contributed by atoms with Gasteiger partial charge in [0.2, 0.25) is 0 Å². The number of nitrogens with one attached hydrogen (secondary N) is 1. The largest absolute Gasteiger partial charge is 0.390 e. The number of rotatable bonds is 7. The van der Waals surface area contributed by atoms with Crippen LogP contribution in [0.3, 0.4) is 0 Å². The fourth-order valence-electron chi connectivity index (χ4n) is 4.02. The molecule has 1 atom stereocenters. The molecule has 1 aliphatic heterocycles. The van der Waals surface area contributed by atoms with E-state index in [4.69, 9.17) is 0 Å². The Morgan fingerprint density at radius 3 is 2.75 bits per heavy atom. The second kappa shape index (κ2) is 7.28. The van der Waals surface area contributed by atoms with Crippen LogP contribution in [0.15, 0.2) is 24.4 Å². The highest BCUT2D eigenvalue weighted by Crippen LogP contribution is 2.27. The average Bonchev–Trinajstić information content (AvgIpc) is 3.19. The van der Waals surface area contributed by atoms with Crippen molar-refractivity contribution in [1.29, 1.82) is 0 Å². The van der Waals surface area contributed by atoms with E-state index in [1.807, 2.05) is 0 Å². The van der Waals surface area contributed by atoms with Gasteiger partial charge in [-0.05, 0) is 81.8 Å². The zero-order chi connectivity index (χ0) is 17.2. The minimum absolute atomic E-state index is 0.511. The molecule has 3 rings (SSSR count). The standard InChI is InChI=1S/C21H32N2O/c1-4-21(24,5-2)11-10-16-8-9-20-19(13-16)17(15-22-20)14-18-7-6-12-23(18)3/h8-9,13,15,18,22,24H,4-7,10-12,14H2,1-3H3/t18-/m1/s1. The van der Waals surface area contributed by atoms with Crippen molar-refractivity contribution in [2.45, 2.75) is 70.4 Å². The Balaban J connectivity index is 1.76. The Labute approximate surface area is 146 Å². The van der Waals surface area contributed by atoms with Crippen molar-refractivity contribution in [2.24, 2.45) is 0 Å². The number of aryl methyl sites for hydroxylation is 1. The molecule has 1 aliphatic rings. The number of hydrogen-bond donors (Lipinski definition) is 2. The Bertz CT molecular complexity index is 672. The van der Waals surface area contributed by atoms with E-state index in [0.29, 0.717) is 6.04 Å². The molecule has 2 N–H and O–H groups in total. The summed E-state index contributed by atoms with van der Waals surface area (Å²) in [6.07, 6.45) is 9.40. The van der Waals surface area contributed by atoms with Crippen LogP contribution in [0.1, 0.15) is 57.1 Å². The van der Waals surface area contributed by atoms with E-state index < -0.39 is 5.60 Å². The van der Waals surface area contributed by atoms with Crippen molar-refractivity contribution in [2.75, 3.05) is 13.6 Å². The zero-order valence-electron chi connectivity index (χ0n) is 15.4. The highest BCUT2D eigenvalue weighted by atomic mass is 16.3. The molecule has 2 heterocycles. The molecule has 2 aromatic rings. The van der Waals surface area contributed by atoms with E-state index in [1.54, 1.807) is 0 Å². The summed E-state index contributed by atoms with van der Waals surface area (Å²) in [6.45, 7) is 5.38. The molecule has 0 saturated carbocycles. The summed E-state index contributed by atoms with van der Waals surface area (Å²) in [5.74, 6) is 0.